The van der Waals surface area contributed by atoms with Crippen molar-refractivity contribution in [2.75, 3.05) is 0 Å². The maximum atomic E-state index is 12.8. The Bertz CT molecular complexity index is 1270. The molecule has 0 aromatic heterocycles. The number of aliphatic hydroxyl groups is 3. The van der Waals surface area contributed by atoms with Crippen LogP contribution in [-0.2, 0) is 11.2 Å². The molecular formula is C30H26O3. The Morgan fingerprint density at radius 1 is 0.545 bits per heavy atom. The highest BCUT2D eigenvalue weighted by molar-refractivity contribution is 5.54. The fraction of sp³-hybridized carbons (Fsp3) is 0.200. The molecule has 3 N–H and O–H groups in total. The summed E-state index contributed by atoms with van der Waals surface area (Å²) in [6.45, 7) is 0. The minimum Gasteiger partial charge on any atom is -0.388 e. The van der Waals surface area contributed by atoms with E-state index in [9.17, 15) is 15.3 Å². The predicted molar refractivity (Wildman–Crippen MR) is 127 cm³/mol. The van der Waals surface area contributed by atoms with Crippen molar-refractivity contribution in [2.45, 2.75) is 29.1 Å². The first-order valence-corrected chi connectivity index (χ1v) is 11.5. The number of benzene rings is 4. The highest BCUT2D eigenvalue weighted by atomic mass is 16.4. The van der Waals surface area contributed by atoms with Crippen LogP contribution < -0.4 is 0 Å². The van der Waals surface area contributed by atoms with Gasteiger partial charge in [0.25, 0.3) is 0 Å². The Morgan fingerprint density at radius 3 is 1.70 bits per heavy atom. The Balaban J connectivity index is 1.72. The van der Waals surface area contributed by atoms with Crippen LogP contribution in [0.2, 0.25) is 0 Å². The van der Waals surface area contributed by atoms with Gasteiger partial charge in [0.15, 0.2) is 0 Å². The molecule has 2 aliphatic rings. The van der Waals surface area contributed by atoms with E-state index in [2.05, 4.69) is 0 Å². The van der Waals surface area contributed by atoms with Crippen molar-refractivity contribution in [3.8, 4) is 0 Å². The standard InChI is InChI=1S/C30H26O3/c31-28-23-18-10-11-19-24(23)30(33)27(28)25(20-12-4-1-5-13-20)26(21-14-6-2-7-15-21)29(30,32)22-16-8-3-9-17-22/h1-19,25-28,31-33H/t25-,26+,27-,28-,29-,30+/m1/s1. The monoisotopic (exact) mass is 434 g/mol. The molecule has 1 saturated carbocycles. The van der Waals surface area contributed by atoms with E-state index in [1.165, 1.54) is 0 Å². The minimum absolute atomic E-state index is 0.314. The zero-order valence-electron chi connectivity index (χ0n) is 18.1. The van der Waals surface area contributed by atoms with Crippen molar-refractivity contribution < 1.29 is 15.3 Å². The molecule has 3 nitrogen and oxygen atoms in total. The molecule has 6 rings (SSSR count). The highest BCUT2D eigenvalue weighted by Gasteiger charge is 2.74. The molecule has 4 aromatic carbocycles. The van der Waals surface area contributed by atoms with Gasteiger partial charge in [-0.2, -0.15) is 0 Å². The average Bonchev–Trinajstić information content (AvgIpc) is 3.24. The van der Waals surface area contributed by atoms with Gasteiger partial charge in [0.05, 0.1) is 6.10 Å². The summed E-state index contributed by atoms with van der Waals surface area (Å²) in [5.74, 6) is -1.40. The molecule has 4 aromatic rings. The van der Waals surface area contributed by atoms with Crippen LogP contribution in [0.25, 0.3) is 0 Å². The minimum atomic E-state index is -1.68. The second kappa shape index (κ2) is 7.39. The third-order valence-electron chi connectivity index (χ3n) is 7.85. The van der Waals surface area contributed by atoms with E-state index in [1.807, 2.05) is 115 Å². The second-order valence-electron chi connectivity index (χ2n) is 9.28. The van der Waals surface area contributed by atoms with Crippen molar-refractivity contribution in [3.05, 3.63) is 143 Å². The van der Waals surface area contributed by atoms with E-state index in [1.54, 1.807) is 0 Å². The van der Waals surface area contributed by atoms with Crippen LogP contribution in [0.1, 0.15) is 45.8 Å². The Morgan fingerprint density at radius 2 is 1.06 bits per heavy atom. The number of hydrogen-bond acceptors (Lipinski definition) is 3. The molecule has 0 spiro atoms. The molecule has 6 atom stereocenters. The molecule has 2 aliphatic carbocycles. The summed E-state index contributed by atoms with van der Waals surface area (Å²) in [5, 5.41) is 37.1. The van der Waals surface area contributed by atoms with E-state index >= 15 is 0 Å². The van der Waals surface area contributed by atoms with E-state index in [0.29, 0.717) is 16.7 Å². The van der Waals surface area contributed by atoms with Gasteiger partial charge in [-0.25, -0.2) is 0 Å². The second-order valence-corrected chi connectivity index (χ2v) is 9.28. The summed E-state index contributed by atoms with van der Waals surface area (Å²) in [7, 11) is 0. The fourth-order valence-corrected chi connectivity index (χ4v) is 6.60. The average molecular weight is 435 g/mol. The first-order chi connectivity index (χ1) is 16.1. The van der Waals surface area contributed by atoms with Crippen molar-refractivity contribution in [1.29, 1.82) is 0 Å². The predicted octanol–water partition coefficient (Wildman–Crippen LogP) is 5.01. The van der Waals surface area contributed by atoms with Crippen LogP contribution in [0.3, 0.4) is 0 Å². The van der Waals surface area contributed by atoms with Crippen LogP contribution >= 0.6 is 0 Å². The van der Waals surface area contributed by atoms with Crippen molar-refractivity contribution in [1.82, 2.24) is 0 Å². The molecule has 0 heterocycles. The van der Waals surface area contributed by atoms with Gasteiger partial charge in [0, 0.05) is 17.8 Å². The van der Waals surface area contributed by atoms with Gasteiger partial charge in [-0.3, -0.25) is 0 Å². The van der Waals surface area contributed by atoms with Crippen molar-refractivity contribution >= 4 is 0 Å². The van der Waals surface area contributed by atoms with E-state index in [4.69, 9.17) is 0 Å². The van der Waals surface area contributed by atoms with Crippen LogP contribution in [0.4, 0.5) is 0 Å². The summed E-state index contributed by atoms with van der Waals surface area (Å²) in [4.78, 5) is 0. The van der Waals surface area contributed by atoms with Gasteiger partial charge in [-0.05, 0) is 27.8 Å². The van der Waals surface area contributed by atoms with Gasteiger partial charge in [0.2, 0.25) is 0 Å². The highest BCUT2D eigenvalue weighted by Crippen LogP contribution is 2.73. The molecule has 3 heteroatoms. The summed E-state index contributed by atoms with van der Waals surface area (Å²) in [5.41, 5.74) is 0.534. The molecule has 0 bridgehead atoms. The lowest BCUT2D eigenvalue weighted by molar-refractivity contribution is -0.174. The molecule has 1 fully saturated rings. The van der Waals surface area contributed by atoms with E-state index < -0.39 is 29.1 Å². The van der Waals surface area contributed by atoms with Gasteiger partial charge in [-0.15, -0.1) is 0 Å². The Kier molecular flexibility index (Phi) is 4.56. The maximum absolute atomic E-state index is 12.8. The molecular weight excluding hydrogens is 408 g/mol. The molecule has 33 heavy (non-hydrogen) atoms. The fourth-order valence-electron chi connectivity index (χ4n) is 6.60. The Hall–Kier alpha value is -3.24. The van der Waals surface area contributed by atoms with Crippen LogP contribution in [0, 0.1) is 5.92 Å². The van der Waals surface area contributed by atoms with Crippen LogP contribution in [0.5, 0.6) is 0 Å². The summed E-state index contributed by atoms with van der Waals surface area (Å²) in [6.07, 6.45) is -0.902. The zero-order chi connectivity index (χ0) is 22.6. The molecule has 0 aliphatic heterocycles. The van der Waals surface area contributed by atoms with Crippen LogP contribution in [-0.4, -0.2) is 15.3 Å². The van der Waals surface area contributed by atoms with Gasteiger partial charge in [0.1, 0.15) is 11.2 Å². The molecule has 0 radical (unpaired) electrons. The summed E-state index contributed by atoms with van der Waals surface area (Å²) < 4.78 is 0. The molecule has 164 valence electrons. The van der Waals surface area contributed by atoms with E-state index in [-0.39, 0.29) is 5.92 Å². The lowest BCUT2D eigenvalue weighted by Crippen LogP contribution is -2.49. The normalized spacial score (nSPS) is 32.3. The summed E-state index contributed by atoms with van der Waals surface area (Å²) >= 11 is 0. The Labute approximate surface area is 193 Å². The zero-order valence-corrected chi connectivity index (χ0v) is 18.1. The maximum Gasteiger partial charge on any atom is 0.130 e. The largest absolute Gasteiger partial charge is 0.388 e. The number of aliphatic hydroxyl groups excluding tert-OH is 1. The van der Waals surface area contributed by atoms with Crippen molar-refractivity contribution in [2.24, 2.45) is 5.92 Å². The molecule has 0 amide bonds. The van der Waals surface area contributed by atoms with E-state index in [0.717, 1.165) is 11.1 Å². The first kappa shape index (κ1) is 20.4. The van der Waals surface area contributed by atoms with Gasteiger partial charge in [-0.1, -0.05) is 115 Å². The lowest BCUT2D eigenvalue weighted by Gasteiger charge is -2.42. The quantitative estimate of drug-likeness (QED) is 0.425. The third-order valence-corrected chi connectivity index (χ3v) is 7.85. The van der Waals surface area contributed by atoms with Gasteiger partial charge >= 0.3 is 0 Å². The molecule has 0 saturated heterocycles. The topological polar surface area (TPSA) is 60.7 Å². The smallest absolute Gasteiger partial charge is 0.130 e. The summed E-state index contributed by atoms with van der Waals surface area (Å²) in [6, 6.07) is 36.8. The number of rotatable bonds is 3. The SMILES string of the molecule is O[C@@H]1c2ccccc2[C@]2(O)[C@@H]1[C@H](c1ccccc1)[C@H](c1ccccc1)[C@]2(O)c1ccccc1. The van der Waals surface area contributed by atoms with Gasteiger partial charge < -0.3 is 15.3 Å². The number of hydrogen-bond donors (Lipinski definition) is 3. The lowest BCUT2D eigenvalue weighted by atomic mass is 9.69. The number of fused-ring (bicyclic) bond motifs is 3. The van der Waals surface area contributed by atoms with Crippen LogP contribution in [0.15, 0.2) is 115 Å². The van der Waals surface area contributed by atoms with Crippen molar-refractivity contribution in [3.63, 3.8) is 0 Å². The first-order valence-electron chi connectivity index (χ1n) is 11.5. The third kappa shape index (κ3) is 2.61. The molecule has 0 unspecified atom stereocenters.